The van der Waals surface area contributed by atoms with Gasteiger partial charge in [-0.3, -0.25) is 4.79 Å². The number of amides is 1. The van der Waals surface area contributed by atoms with Crippen molar-refractivity contribution in [3.63, 3.8) is 0 Å². The monoisotopic (exact) mass is 332 g/mol. The van der Waals surface area contributed by atoms with Crippen molar-refractivity contribution in [2.75, 3.05) is 25.1 Å². The summed E-state index contributed by atoms with van der Waals surface area (Å²) in [5.41, 5.74) is 0.396. The normalized spacial score (nSPS) is 14.5. The van der Waals surface area contributed by atoms with Crippen LogP contribution in [0.15, 0.2) is 10.7 Å². The maximum Gasteiger partial charge on any atom is 0.321 e. The molecular weight excluding hydrogens is 312 g/mol. The molecule has 0 radical (unpaired) electrons. The first-order valence-electron chi connectivity index (χ1n) is 7.90. The van der Waals surface area contributed by atoms with Gasteiger partial charge in [0.15, 0.2) is 5.82 Å². The second-order valence-electron chi connectivity index (χ2n) is 5.56. The van der Waals surface area contributed by atoms with Crippen LogP contribution in [-0.4, -0.2) is 46.2 Å². The van der Waals surface area contributed by atoms with Crippen LogP contribution in [0, 0.1) is 6.92 Å². The van der Waals surface area contributed by atoms with Crippen molar-refractivity contribution in [1.29, 1.82) is 0 Å². The lowest BCUT2D eigenvalue weighted by molar-refractivity contribution is 0.0948. The molecule has 0 aliphatic carbocycles. The summed E-state index contributed by atoms with van der Waals surface area (Å²) in [4.78, 5) is 27.2. The van der Waals surface area contributed by atoms with Gasteiger partial charge in [-0.1, -0.05) is 5.16 Å². The van der Waals surface area contributed by atoms with E-state index in [0.717, 1.165) is 25.9 Å². The minimum Gasteiger partial charge on any atom is -0.467 e. The third-order valence-electron chi connectivity index (χ3n) is 3.87. The second kappa shape index (κ2) is 7.24. The first-order valence-corrected chi connectivity index (χ1v) is 7.90. The van der Waals surface area contributed by atoms with Gasteiger partial charge in [-0.15, -0.1) is 0 Å². The van der Waals surface area contributed by atoms with Crippen LogP contribution in [0.3, 0.4) is 0 Å². The first kappa shape index (κ1) is 16.2. The zero-order valence-electron chi connectivity index (χ0n) is 13.8. The summed E-state index contributed by atoms with van der Waals surface area (Å²) in [6, 6.07) is 0.246. The average Bonchev–Trinajstić information content (AvgIpc) is 3.06. The average molecular weight is 332 g/mol. The molecular formula is C15H20N6O3. The first-order chi connectivity index (χ1) is 11.7. The molecule has 3 rings (SSSR count). The standard InChI is InChI=1S/C15H20N6O3/c1-10-11(8-17-24-10)13(22)16-9-12-18-14(20-15(19-12)23-2)21-6-4-3-5-7-21/h8H,3-7,9H2,1-2H3,(H,16,22). The Kier molecular flexibility index (Phi) is 4.88. The van der Waals surface area contributed by atoms with Crippen LogP contribution in [0.5, 0.6) is 6.01 Å². The van der Waals surface area contributed by atoms with Gasteiger partial charge in [-0.2, -0.15) is 15.0 Å². The quantitative estimate of drug-likeness (QED) is 0.867. The summed E-state index contributed by atoms with van der Waals surface area (Å²) in [7, 11) is 1.51. The van der Waals surface area contributed by atoms with Gasteiger partial charge in [0.2, 0.25) is 5.95 Å². The topological polar surface area (TPSA) is 106 Å². The number of methoxy groups -OCH3 is 1. The van der Waals surface area contributed by atoms with Crippen molar-refractivity contribution >= 4 is 11.9 Å². The highest BCUT2D eigenvalue weighted by Gasteiger charge is 2.18. The molecule has 1 N–H and O–H groups in total. The lowest BCUT2D eigenvalue weighted by atomic mass is 10.1. The largest absolute Gasteiger partial charge is 0.467 e. The second-order valence-corrected chi connectivity index (χ2v) is 5.56. The van der Waals surface area contributed by atoms with Crippen LogP contribution in [0.1, 0.15) is 41.2 Å². The molecule has 0 atom stereocenters. The molecule has 2 aromatic rings. The molecule has 1 aliphatic heterocycles. The Morgan fingerprint density at radius 1 is 1.29 bits per heavy atom. The van der Waals surface area contributed by atoms with Gasteiger partial charge >= 0.3 is 6.01 Å². The number of hydrogen-bond acceptors (Lipinski definition) is 8. The molecule has 0 saturated carbocycles. The van der Waals surface area contributed by atoms with Gasteiger partial charge in [-0.25, -0.2) is 0 Å². The van der Waals surface area contributed by atoms with E-state index < -0.39 is 0 Å². The SMILES string of the molecule is COc1nc(CNC(=O)c2cnoc2C)nc(N2CCCCC2)n1. The van der Waals surface area contributed by atoms with E-state index in [1.165, 1.54) is 19.7 Å². The van der Waals surface area contributed by atoms with Crippen molar-refractivity contribution < 1.29 is 14.1 Å². The minimum atomic E-state index is -0.285. The Morgan fingerprint density at radius 2 is 2.08 bits per heavy atom. The van der Waals surface area contributed by atoms with E-state index in [4.69, 9.17) is 9.26 Å². The highest BCUT2D eigenvalue weighted by Crippen LogP contribution is 2.17. The predicted octanol–water partition coefficient (Wildman–Crippen LogP) is 1.10. The molecule has 1 amide bonds. The zero-order valence-corrected chi connectivity index (χ0v) is 13.8. The highest BCUT2D eigenvalue weighted by molar-refractivity contribution is 5.94. The van der Waals surface area contributed by atoms with E-state index in [0.29, 0.717) is 23.1 Å². The van der Waals surface area contributed by atoms with Crippen molar-refractivity contribution in [1.82, 2.24) is 25.4 Å². The Morgan fingerprint density at radius 3 is 2.75 bits per heavy atom. The zero-order chi connectivity index (χ0) is 16.9. The van der Waals surface area contributed by atoms with E-state index in [-0.39, 0.29) is 18.5 Å². The number of nitrogens with zero attached hydrogens (tertiary/aromatic N) is 5. The number of hydrogen-bond donors (Lipinski definition) is 1. The van der Waals surface area contributed by atoms with Crippen LogP contribution in [0.25, 0.3) is 0 Å². The summed E-state index contributed by atoms with van der Waals surface area (Å²) >= 11 is 0. The van der Waals surface area contributed by atoms with Crippen LogP contribution < -0.4 is 15.0 Å². The van der Waals surface area contributed by atoms with Crippen molar-refractivity contribution in [2.45, 2.75) is 32.7 Å². The van der Waals surface area contributed by atoms with Crippen molar-refractivity contribution in [3.8, 4) is 6.01 Å². The van der Waals surface area contributed by atoms with Crippen LogP contribution in [0.4, 0.5) is 5.95 Å². The molecule has 1 aliphatic rings. The van der Waals surface area contributed by atoms with Gasteiger partial charge in [-0.05, 0) is 26.2 Å². The van der Waals surface area contributed by atoms with Gasteiger partial charge in [0, 0.05) is 13.1 Å². The molecule has 9 nitrogen and oxygen atoms in total. The van der Waals surface area contributed by atoms with Gasteiger partial charge < -0.3 is 19.5 Å². The summed E-state index contributed by atoms with van der Waals surface area (Å²) in [6.45, 7) is 3.68. The lowest BCUT2D eigenvalue weighted by Gasteiger charge is -2.26. The number of ether oxygens (including phenoxy) is 1. The van der Waals surface area contributed by atoms with E-state index in [1.807, 2.05) is 0 Å². The number of piperidine rings is 1. The number of rotatable bonds is 5. The minimum absolute atomic E-state index is 0.170. The number of aryl methyl sites for hydroxylation is 1. The number of nitrogens with one attached hydrogen (secondary N) is 1. The Balaban J connectivity index is 1.72. The third kappa shape index (κ3) is 3.61. The number of anilines is 1. The summed E-state index contributed by atoms with van der Waals surface area (Å²) < 4.78 is 10.1. The van der Waals surface area contributed by atoms with Crippen LogP contribution in [0.2, 0.25) is 0 Å². The molecule has 0 spiro atoms. The molecule has 0 aromatic carbocycles. The highest BCUT2D eigenvalue weighted by atomic mass is 16.5. The van der Waals surface area contributed by atoms with Gasteiger partial charge in [0.1, 0.15) is 11.3 Å². The van der Waals surface area contributed by atoms with Crippen LogP contribution >= 0.6 is 0 Å². The third-order valence-corrected chi connectivity index (χ3v) is 3.87. The van der Waals surface area contributed by atoms with E-state index >= 15 is 0 Å². The van der Waals surface area contributed by atoms with E-state index in [2.05, 4.69) is 30.3 Å². The van der Waals surface area contributed by atoms with Crippen molar-refractivity contribution in [2.24, 2.45) is 0 Å². The van der Waals surface area contributed by atoms with Gasteiger partial charge in [0.05, 0.1) is 19.9 Å². The Hall–Kier alpha value is -2.71. The molecule has 2 aromatic heterocycles. The summed E-state index contributed by atoms with van der Waals surface area (Å²) in [6.07, 6.45) is 4.84. The number of carbonyl (C=O) groups excluding carboxylic acids is 1. The molecule has 24 heavy (non-hydrogen) atoms. The molecule has 0 unspecified atom stereocenters. The van der Waals surface area contributed by atoms with Crippen molar-refractivity contribution in [3.05, 3.63) is 23.3 Å². The lowest BCUT2D eigenvalue weighted by Crippen LogP contribution is -2.32. The molecule has 9 heteroatoms. The van der Waals surface area contributed by atoms with Gasteiger partial charge in [0.25, 0.3) is 5.91 Å². The van der Waals surface area contributed by atoms with E-state index in [1.54, 1.807) is 6.92 Å². The molecule has 1 fully saturated rings. The maximum atomic E-state index is 12.1. The molecule has 3 heterocycles. The fourth-order valence-corrected chi connectivity index (χ4v) is 2.56. The fraction of sp³-hybridized carbons (Fsp3) is 0.533. The Bertz CT molecular complexity index is 711. The maximum absolute atomic E-state index is 12.1. The smallest absolute Gasteiger partial charge is 0.321 e. The fourth-order valence-electron chi connectivity index (χ4n) is 2.56. The predicted molar refractivity (Wildman–Crippen MR) is 84.9 cm³/mol. The number of carbonyl (C=O) groups is 1. The van der Waals surface area contributed by atoms with E-state index in [9.17, 15) is 4.79 Å². The summed E-state index contributed by atoms with van der Waals surface area (Å²) in [5, 5.41) is 6.35. The molecule has 1 saturated heterocycles. The van der Waals surface area contributed by atoms with Crippen LogP contribution in [-0.2, 0) is 6.54 Å². The number of aromatic nitrogens is 4. The molecule has 128 valence electrons. The Labute approximate surface area is 139 Å². The summed E-state index contributed by atoms with van der Waals surface area (Å²) in [5.74, 6) is 1.22. The molecule has 0 bridgehead atoms.